The second kappa shape index (κ2) is 9.73. The van der Waals surface area contributed by atoms with Gasteiger partial charge >= 0.3 is 0 Å². The van der Waals surface area contributed by atoms with Crippen molar-refractivity contribution in [3.63, 3.8) is 0 Å². The summed E-state index contributed by atoms with van der Waals surface area (Å²) in [7, 11) is 0. The number of fused-ring (bicyclic) bond motifs is 1. The van der Waals surface area contributed by atoms with Gasteiger partial charge in [-0.15, -0.1) is 0 Å². The normalized spacial score (nSPS) is 21.0. The number of aliphatic hydroxyl groups excluding tert-OH is 2. The van der Waals surface area contributed by atoms with Gasteiger partial charge in [-0.3, -0.25) is 0 Å². The molecule has 1 atom stereocenters. The van der Waals surface area contributed by atoms with Crippen molar-refractivity contribution in [1.29, 1.82) is 0 Å². The Bertz CT molecular complexity index is 948. The fourth-order valence-electron chi connectivity index (χ4n) is 5.37. The summed E-state index contributed by atoms with van der Waals surface area (Å²) in [5.74, 6) is 1.05. The molecule has 1 saturated heterocycles. The summed E-state index contributed by atoms with van der Waals surface area (Å²) < 4.78 is 0. The van der Waals surface area contributed by atoms with Crippen LogP contribution in [0.1, 0.15) is 70.9 Å². The second-order valence-electron chi connectivity index (χ2n) is 11.2. The van der Waals surface area contributed by atoms with Gasteiger partial charge in [0.2, 0.25) is 0 Å². The Kier molecular flexibility index (Phi) is 7.13. The molecule has 1 aromatic carbocycles. The third kappa shape index (κ3) is 5.42. The van der Waals surface area contributed by atoms with Crippen LogP contribution < -0.4 is 10.2 Å². The van der Waals surface area contributed by atoms with E-state index < -0.39 is 6.10 Å². The molecule has 0 bridgehead atoms. The standard InChI is InChI=1S/C28H41N3O2/c1-27(2)13-14-28(3,4)24-18-20(8-9-23(24)27)25-6-5-7-26(30-25)31-16-11-21(12-17-31)29-15-10-22(33)19-32/h5-9,18,21-22,29,32-33H,10-17,19H2,1-4H3/t22-/m1/s1. The first kappa shape index (κ1) is 24.2. The number of nitrogens with one attached hydrogen (secondary N) is 1. The Morgan fingerprint density at radius 2 is 1.73 bits per heavy atom. The third-order valence-electron chi connectivity index (χ3n) is 7.82. The van der Waals surface area contributed by atoms with Crippen LogP contribution in [0.15, 0.2) is 36.4 Å². The molecule has 2 heterocycles. The second-order valence-corrected chi connectivity index (χ2v) is 11.2. The average molecular weight is 452 g/mol. The van der Waals surface area contributed by atoms with Crippen molar-refractivity contribution < 1.29 is 10.2 Å². The SMILES string of the molecule is CC1(C)CCC(C)(C)c2cc(-c3cccc(N4CCC(NCC[C@@H](O)CO)CC4)n3)ccc21. The van der Waals surface area contributed by atoms with Crippen molar-refractivity contribution in [3.05, 3.63) is 47.5 Å². The molecule has 5 nitrogen and oxygen atoms in total. The molecule has 1 aliphatic heterocycles. The van der Waals surface area contributed by atoms with Crippen molar-refractivity contribution in [2.45, 2.75) is 82.8 Å². The van der Waals surface area contributed by atoms with Crippen LogP contribution in [0.4, 0.5) is 5.82 Å². The summed E-state index contributed by atoms with van der Waals surface area (Å²) in [5, 5.41) is 22.0. The molecule has 1 fully saturated rings. The highest BCUT2D eigenvalue weighted by atomic mass is 16.3. The minimum atomic E-state index is -0.621. The Balaban J connectivity index is 1.45. The van der Waals surface area contributed by atoms with Gasteiger partial charge in [0.15, 0.2) is 0 Å². The quantitative estimate of drug-likeness (QED) is 0.582. The summed E-state index contributed by atoms with van der Waals surface area (Å²) in [6.07, 6.45) is 4.53. The zero-order valence-electron chi connectivity index (χ0n) is 20.8. The first-order valence-corrected chi connectivity index (χ1v) is 12.6. The number of hydrogen-bond acceptors (Lipinski definition) is 5. The highest BCUT2D eigenvalue weighted by Crippen LogP contribution is 2.46. The Labute approximate surface area is 199 Å². The molecular weight excluding hydrogens is 410 g/mol. The number of nitrogens with zero attached hydrogens (tertiary/aromatic N) is 2. The van der Waals surface area contributed by atoms with Crippen LogP contribution in [-0.4, -0.2) is 53.6 Å². The average Bonchev–Trinajstić information content (AvgIpc) is 2.82. The minimum Gasteiger partial charge on any atom is -0.394 e. The van der Waals surface area contributed by atoms with Gasteiger partial charge in [-0.25, -0.2) is 4.98 Å². The first-order valence-electron chi connectivity index (χ1n) is 12.6. The van der Waals surface area contributed by atoms with Crippen molar-refractivity contribution in [3.8, 4) is 11.3 Å². The molecule has 4 rings (SSSR count). The predicted molar refractivity (Wildman–Crippen MR) is 136 cm³/mol. The number of pyridine rings is 1. The molecule has 2 aliphatic rings. The van der Waals surface area contributed by atoms with Gasteiger partial charge in [-0.05, 0) is 78.8 Å². The van der Waals surface area contributed by atoms with E-state index in [1.54, 1.807) is 0 Å². The van der Waals surface area contributed by atoms with Crippen LogP contribution in [-0.2, 0) is 10.8 Å². The van der Waals surface area contributed by atoms with Gasteiger partial charge < -0.3 is 20.4 Å². The molecule has 3 N–H and O–H groups in total. The summed E-state index contributed by atoms with van der Waals surface area (Å²) in [6, 6.07) is 13.8. The topological polar surface area (TPSA) is 68.6 Å². The molecule has 0 saturated carbocycles. The molecule has 0 unspecified atom stereocenters. The Hall–Kier alpha value is -1.95. The van der Waals surface area contributed by atoms with Gasteiger partial charge in [0, 0.05) is 24.7 Å². The molecule has 2 aromatic rings. The summed E-state index contributed by atoms with van der Waals surface area (Å²) in [4.78, 5) is 7.45. The first-order chi connectivity index (χ1) is 15.7. The van der Waals surface area contributed by atoms with Crippen LogP contribution in [0, 0.1) is 0 Å². The van der Waals surface area contributed by atoms with E-state index in [0.717, 1.165) is 44.0 Å². The van der Waals surface area contributed by atoms with E-state index in [2.05, 4.69) is 74.3 Å². The van der Waals surface area contributed by atoms with Crippen LogP contribution >= 0.6 is 0 Å². The fourth-order valence-corrected chi connectivity index (χ4v) is 5.37. The van der Waals surface area contributed by atoms with E-state index >= 15 is 0 Å². The third-order valence-corrected chi connectivity index (χ3v) is 7.82. The smallest absolute Gasteiger partial charge is 0.129 e. The molecule has 1 aliphatic carbocycles. The molecule has 0 amide bonds. The van der Waals surface area contributed by atoms with E-state index in [1.807, 2.05) is 0 Å². The fraction of sp³-hybridized carbons (Fsp3) is 0.607. The van der Waals surface area contributed by atoms with Gasteiger partial charge in [0.25, 0.3) is 0 Å². The number of hydrogen-bond donors (Lipinski definition) is 3. The molecule has 0 radical (unpaired) electrons. The van der Waals surface area contributed by atoms with Crippen LogP contribution in [0.2, 0.25) is 0 Å². The monoisotopic (exact) mass is 451 g/mol. The lowest BCUT2D eigenvalue weighted by Crippen LogP contribution is -2.43. The van der Waals surface area contributed by atoms with E-state index in [1.165, 1.54) is 29.5 Å². The highest BCUT2D eigenvalue weighted by molar-refractivity contribution is 5.65. The summed E-state index contributed by atoms with van der Waals surface area (Å²) >= 11 is 0. The van der Waals surface area contributed by atoms with Crippen molar-refractivity contribution >= 4 is 5.82 Å². The van der Waals surface area contributed by atoms with Crippen molar-refractivity contribution in [2.24, 2.45) is 0 Å². The van der Waals surface area contributed by atoms with Crippen LogP contribution in [0.5, 0.6) is 0 Å². The summed E-state index contributed by atoms with van der Waals surface area (Å²) in [5.41, 5.74) is 5.64. The maximum Gasteiger partial charge on any atom is 0.129 e. The van der Waals surface area contributed by atoms with Crippen molar-refractivity contribution in [1.82, 2.24) is 10.3 Å². The van der Waals surface area contributed by atoms with Gasteiger partial charge in [0.05, 0.1) is 18.4 Å². The van der Waals surface area contributed by atoms with Gasteiger partial charge in [0.1, 0.15) is 5.82 Å². The van der Waals surface area contributed by atoms with E-state index in [9.17, 15) is 5.11 Å². The maximum atomic E-state index is 9.51. The number of rotatable bonds is 7. The lowest BCUT2D eigenvalue weighted by Gasteiger charge is -2.42. The predicted octanol–water partition coefficient (Wildman–Crippen LogP) is 4.40. The maximum absolute atomic E-state index is 9.51. The summed E-state index contributed by atoms with van der Waals surface area (Å²) in [6.45, 7) is 12.0. The van der Waals surface area contributed by atoms with E-state index in [4.69, 9.17) is 10.1 Å². The minimum absolute atomic E-state index is 0.165. The molecule has 5 heteroatoms. The Morgan fingerprint density at radius 3 is 2.42 bits per heavy atom. The number of benzene rings is 1. The zero-order chi connectivity index (χ0) is 23.6. The van der Waals surface area contributed by atoms with Crippen molar-refractivity contribution in [2.75, 3.05) is 31.1 Å². The highest BCUT2D eigenvalue weighted by Gasteiger charge is 2.37. The van der Waals surface area contributed by atoms with Gasteiger partial charge in [-0.2, -0.15) is 0 Å². The van der Waals surface area contributed by atoms with E-state index in [0.29, 0.717) is 12.5 Å². The molecule has 180 valence electrons. The molecule has 33 heavy (non-hydrogen) atoms. The van der Waals surface area contributed by atoms with Gasteiger partial charge in [-0.1, -0.05) is 45.9 Å². The molecular formula is C28H41N3O2. The number of aromatic nitrogens is 1. The molecule has 1 aromatic heterocycles. The van der Waals surface area contributed by atoms with Crippen LogP contribution in [0.3, 0.4) is 0 Å². The lowest BCUT2D eigenvalue weighted by molar-refractivity contribution is 0.0874. The van der Waals surface area contributed by atoms with E-state index in [-0.39, 0.29) is 17.4 Å². The number of anilines is 1. The Morgan fingerprint density at radius 1 is 1.03 bits per heavy atom. The van der Waals surface area contributed by atoms with Crippen LogP contribution in [0.25, 0.3) is 11.3 Å². The lowest BCUT2D eigenvalue weighted by atomic mass is 9.63. The zero-order valence-corrected chi connectivity index (χ0v) is 20.8. The number of piperidine rings is 1. The largest absolute Gasteiger partial charge is 0.394 e. The molecule has 0 spiro atoms. The number of aliphatic hydroxyl groups is 2.